The van der Waals surface area contributed by atoms with Crippen molar-refractivity contribution in [1.82, 2.24) is 0 Å². The van der Waals surface area contributed by atoms with Gasteiger partial charge in [-0.25, -0.2) is 4.79 Å². The van der Waals surface area contributed by atoms with Gasteiger partial charge in [0.05, 0.1) is 12.2 Å². The Hall–Kier alpha value is -1.61. The molecular weight excluding hydrogens is 372 g/mol. The van der Waals surface area contributed by atoms with Gasteiger partial charge >= 0.3 is 5.97 Å². The Morgan fingerprint density at radius 3 is 1.67 bits per heavy atom. The van der Waals surface area contributed by atoms with Crippen molar-refractivity contribution in [3.63, 3.8) is 0 Å². The lowest BCUT2D eigenvalue weighted by Crippen LogP contribution is -2.06. The Morgan fingerprint density at radius 1 is 0.667 bits per heavy atom. The van der Waals surface area contributed by atoms with E-state index in [0.717, 1.165) is 19.3 Å². The fourth-order valence-electron chi connectivity index (χ4n) is 3.56. The molecule has 0 bridgehead atoms. The van der Waals surface area contributed by atoms with Crippen LogP contribution in [0.5, 0.6) is 0 Å². The molecule has 1 N–H and O–H groups in total. The summed E-state index contributed by atoms with van der Waals surface area (Å²) in [6.07, 6.45) is 24.5. The summed E-state index contributed by atoms with van der Waals surface area (Å²) in [5.74, 6) is -0.210. The summed E-state index contributed by atoms with van der Waals surface area (Å²) in [4.78, 5) is 11.8. The van der Waals surface area contributed by atoms with Gasteiger partial charge in [-0.05, 0) is 50.7 Å². The molecule has 0 saturated heterocycles. The van der Waals surface area contributed by atoms with Crippen LogP contribution in [0.1, 0.15) is 113 Å². The number of unbranched alkanes of at least 4 members (excludes halogenated alkanes) is 14. The number of ether oxygens (including phenoxy) is 1. The number of hydrogen-bond acceptors (Lipinski definition) is 3. The summed E-state index contributed by atoms with van der Waals surface area (Å²) in [7, 11) is 0. The number of hydrogen-bond donors (Lipinski definition) is 1. The molecule has 30 heavy (non-hydrogen) atoms. The second-order valence-electron chi connectivity index (χ2n) is 8.22. The molecule has 0 aliphatic rings. The molecule has 0 unspecified atom stereocenters. The first kappa shape index (κ1) is 26.4. The van der Waals surface area contributed by atoms with E-state index in [-0.39, 0.29) is 5.97 Å². The van der Waals surface area contributed by atoms with Crippen LogP contribution >= 0.6 is 0 Å². The Kier molecular flexibility index (Phi) is 18.2. The molecular formula is C27H44O3. The highest BCUT2D eigenvalue weighted by molar-refractivity contribution is 5.89. The summed E-state index contributed by atoms with van der Waals surface area (Å²) >= 11 is 0. The number of carbonyl (C=O) groups is 1. The third-order valence-electron chi connectivity index (χ3n) is 5.45. The van der Waals surface area contributed by atoms with Gasteiger partial charge in [0.1, 0.15) is 0 Å². The third kappa shape index (κ3) is 16.2. The lowest BCUT2D eigenvalue weighted by Gasteiger charge is -2.05. The maximum atomic E-state index is 11.8. The lowest BCUT2D eigenvalue weighted by molar-refractivity contribution is 0.0497. The van der Waals surface area contributed by atoms with Gasteiger partial charge in [0.15, 0.2) is 0 Å². The predicted molar refractivity (Wildman–Crippen MR) is 127 cm³/mol. The monoisotopic (exact) mass is 416 g/mol. The maximum absolute atomic E-state index is 11.8. The van der Waals surface area contributed by atoms with Crippen molar-refractivity contribution in [2.75, 3.05) is 13.2 Å². The summed E-state index contributed by atoms with van der Waals surface area (Å²) < 4.78 is 5.31. The van der Waals surface area contributed by atoms with Crippen LogP contribution in [-0.4, -0.2) is 24.3 Å². The van der Waals surface area contributed by atoms with Gasteiger partial charge in [0.2, 0.25) is 0 Å². The molecule has 0 aliphatic heterocycles. The van der Waals surface area contributed by atoms with E-state index >= 15 is 0 Å². The number of esters is 1. The standard InChI is InChI=1S/C27H44O3/c28-24-20-15-13-11-9-7-5-3-1-2-4-6-8-10-12-14-16-21-25-30-27(29)26-22-18-17-19-23-26/h1-2,17-19,22-23,28H,3-16,20-21,24-25H2. The molecule has 1 rings (SSSR count). The highest BCUT2D eigenvalue weighted by Crippen LogP contribution is 2.11. The summed E-state index contributed by atoms with van der Waals surface area (Å²) in [6.45, 7) is 0.876. The van der Waals surface area contributed by atoms with E-state index in [4.69, 9.17) is 9.84 Å². The molecule has 0 radical (unpaired) electrons. The minimum absolute atomic E-state index is 0.210. The van der Waals surface area contributed by atoms with E-state index in [1.54, 1.807) is 12.1 Å². The predicted octanol–water partition coefficient (Wildman–Crippen LogP) is 7.63. The van der Waals surface area contributed by atoms with Crippen molar-refractivity contribution in [2.45, 2.75) is 103 Å². The van der Waals surface area contributed by atoms with Crippen LogP contribution in [-0.2, 0) is 4.74 Å². The Balaban J connectivity index is 1.76. The van der Waals surface area contributed by atoms with E-state index in [9.17, 15) is 4.79 Å². The highest BCUT2D eigenvalue weighted by atomic mass is 16.5. The molecule has 170 valence electrons. The fourth-order valence-corrected chi connectivity index (χ4v) is 3.56. The number of carbonyl (C=O) groups excluding carboxylic acids is 1. The average Bonchev–Trinajstić information content (AvgIpc) is 2.78. The second kappa shape index (κ2) is 20.7. The third-order valence-corrected chi connectivity index (χ3v) is 5.45. The van der Waals surface area contributed by atoms with Crippen molar-refractivity contribution in [2.24, 2.45) is 0 Å². The Labute approximate surface area is 184 Å². The van der Waals surface area contributed by atoms with Crippen LogP contribution in [0.25, 0.3) is 0 Å². The van der Waals surface area contributed by atoms with Crippen LogP contribution in [0.2, 0.25) is 0 Å². The average molecular weight is 417 g/mol. The van der Waals surface area contributed by atoms with E-state index < -0.39 is 0 Å². The summed E-state index contributed by atoms with van der Waals surface area (Å²) in [5.41, 5.74) is 0.636. The molecule has 0 fully saturated rings. The van der Waals surface area contributed by atoms with Crippen molar-refractivity contribution in [1.29, 1.82) is 0 Å². The zero-order chi connectivity index (χ0) is 21.5. The molecule has 0 heterocycles. The fraction of sp³-hybridized carbons (Fsp3) is 0.667. The first-order valence-electron chi connectivity index (χ1n) is 12.3. The Morgan fingerprint density at radius 2 is 1.13 bits per heavy atom. The quantitative estimate of drug-likeness (QED) is 0.135. The van der Waals surface area contributed by atoms with E-state index in [1.165, 1.54) is 83.5 Å². The van der Waals surface area contributed by atoms with Crippen molar-refractivity contribution in [3.05, 3.63) is 48.0 Å². The molecule has 0 spiro atoms. The first-order chi connectivity index (χ1) is 14.8. The van der Waals surface area contributed by atoms with Crippen molar-refractivity contribution in [3.8, 4) is 0 Å². The van der Waals surface area contributed by atoms with Crippen LogP contribution in [0.15, 0.2) is 42.5 Å². The van der Waals surface area contributed by atoms with Crippen LogP contribution in [0.3, 0.4) is 0 Å². The zero-order valence-corrected chi connectivity index (χ0v) is 19.0. The molecule has 0 aromatic heterocycles. The van der Waals surface area contributed by atoms with Crippen LogP contribution < -0.4 is 0 Å². The first-order valence-corrected chi connectivity index (χ1v) is 12.3. The molecule has 1 aromatic carbocycles. The maximum Gasteiger partial charge on any atom is 0.338 e. The van der Waals surface area contributed by atoms with Gasteiger partial charge in [0, 0.05) is 6.61 Å². The minimum Gasteiger partial charge on any atom is -0.462 e. The normalized spacial score (nSPS) is 11.2. The van der Waals surface area contributed by atoms with Gasteiger partial charge < -0.3 is 9.84 Å². The van der Waals surface area contributed by atoms with Gasteiger partial charge in [-0.2, -0.15) is 0 Å². The molecule has 3 heteroatoms. The van der Waals surface area contributed by atoms with E-state index in [2.05, 4.69) is 12.2 Å². The van der Waals surface area contributed by atoms with Crippen molar-refractivity contribution < 1.29 is 14.6 Å². The Bertz CT molecular complexity index is 524. The molecule has 1 aromatic rings. The molecule has 0 atom stereocenters. The number of rotatable bonds is 20. The van der Waals surface area contributed by atoms with Crippen LogP contribution in [0.4, 0.5) is 0 Å². The number of allylic oxidation sites excluding steroid dienone is 2. The minimum atomic E-state index is -0.210. The van der Waals surface area contributed by atoms with Gasteiger partial charge in [-0.15, -0.1) is 0 Å². The number of aliphatic hydroxyl groups is 1. The molecule has 0 amide bonds. The van der Waals surface area contributed by atoms with Crippen LogP contribution in [0, 0.1) is 0 Å². The van der Waals surface area contributed by atoms with Crippen molar-refractivity contribution >= 4 is 5.97 Å². The zero-order valence-electron chi connectivity index (χ0n) is 19.0. The topological polar surface area (TPSA) is 46.5 Å². The summed E-state index contributed by atoms with van der Waals surface area (Å²) in [5, 5.41) is 8.73. The SMILES string of the molecule is O=C(OCCCCCCCCCC=CCCCCCCCCCO)c1ccccc1. The number of benzene rings is 1. The molecule has 3 nitrogen and oxygen atoms in total. The highest BCUT2D eigenvalue weighted by Gasteiger charge is 2.04. The van der Waals surface area contributed by atoms with E-state index in [0.29, 0.717) is 18.8 Å². The van der Waals surface area contributed by atoms with Gasteiger partial charge in [-0.1, -0.05) is 94.6 Å². The smallest absolute Gasteiger partial charge is 0.338 e. The lowest BCUT2D eigenvalue weighted by atomic mass is 10.1. The summed E-state index contributed by atoms with van der Waals surface area (Å²) in [6, 6.07) is 9.21. The second-order valence-corrected chi connectivity index (χ2v) is 8.22. The van der Waals surface area contributed by atoms with Gasteiger partial charge in [-0.3, -0.25) is 0 Å². The molecule has 0 saturated carbocycles. The molecule has 0 aliphatic carbocycles. The number of aliphatic hydroxyl groups excluding tert-OH is 1. The van der Waals surface area contributed by atoms with E-state index in [1.807, 2.05) is 18.2 Å². The largest absolute Gasteiger partial charge is 0.462 e. The van der Waals surface area contributed by atoms with Gasteiger partial charge in [0.25, 0.3) is 0 Å².